The van der Waals surface area contributed by atoms with Gasteiger partial charge in [-0.3, -0.25) is 9.69 Å². The fourth-order valence-corrected chi connectivity index (χ4v) is 2.82. The summed E-state index contributed by atoms with van der Waals surface area (Å²) in [6.07, 6.45) is 3.24. The zero-order chi connectivity index (χ0) is 17.2. The molecule has 3 aromatic rings. The van der Waals surface area contributed by atoms with Gasteiger partial charge in [0, 0.05) is 11.6 Å². The number of hydrogen-bond acceptors (Lipinski definition) is 3. The lowest BCUT2D eigenvalue weighted by atomic mass is 10.1. The van der Waals surface area contributed by atoms with Crippen LogP contribution in [-0.2, 0) is 4.79 Å². The maximum atomic E-state index is 13.0. The van der Waals surface area contributed by atoms with Crippen LogP contribution >= 0.6 is 0 Å². The highest BCUT2D eigenvalue weighted by Gasteiger charge is 2.32. The molecule has 2 aromatic carbocycles. The highest BCUT2D eigenvalue weighted by molar-refractivity contribution is 6.33. The van der Waals surface area contributed by atoms with Crippen LogP contribution in [0.2, 0.25) is 0 Å². The van der Waals surface area contributed by atoms with E-state index >= 15 is 0 Å². The Labute approximate surface area is 145 Å². The van der Waals surface area contributed by atoms with E-state index in [2.05, 4.69) is 4.99 Å². The van der Waals surface area contributed by atoms with Crippen LogP contribution in [0.3, 0.4) is 0 Å². The average Bonchev–Trinajstić information content (AvgIpc) is 3.25. The molecule has 0 saturated carbocycles. The lowest BCUT2D eigenvalue weighted by Crippen LogP contribution is -2.32. The molecule has 1 aliphatic rings. The summed E-state index contributed by atoms with van der Waals surface area (Å²) < 4.78 is 5.33. The molecule has 0 N–H and O–H groups in total. The standard InChI is InChI=1S/C21H16N2O2/c1-15-7-5-8-16(13-15)20-22-19(14-18-11-6-12-25-18)21(24)23(20)17-9-3-2-4-10-17/h2-14H,1H3/b19-14+. The van der Waals surface area contributed by atoms with Crippen LogP contribution in [-0.4, -0.2) is 11.7 Å². The first-order valence-corrected chi connectivity index (χ1v) is 8.03. The molecule has 25 heavy (non-hydrogen) atoms. The highest BCUT2D eigenvalue weighted by Crippen LogP contribution is 2.28. The lowest BCUT2D eigenvalue weighted by molar-refractivity contribution is -0.113. The minimum Gasteiger partial charge on any atom is -0.465 e. The number of benzene rings is 2. The molecule has 0 bridgehead atoms. The van der Waals surface area contributed by atoms with E-state index in [-0.39, 0.29) is 5.91 Å². The van der Waals surface area contributed by atoms with Crippen LogP contribution < -0.4 is 4.90 Å². The third kappa shape index (κ3) is 2.90. The van der Waals surface area contributed by atoms with Crippen LogP contribution in [0.15, 0.2) is 88.1 Å². The van der Waals surface area contributed by atoms with Gasteiger partial charge in [-0.2, -0.15) is 0 Å². The molecule has 0 spiro atoms. The molecule has 4 nitrogen and oxygen atoms in total. The van der Waals surface area contributed by atoms with Crippen molar-refractivity contribution in [3.63, 3.8) is 0 Å². The van der Waals surface area contributed by atoms with E-state index in [0.29, 0.717) is 17.3 Å². The van der Waals surface area contributed by atoms with E-state index in [1.54, 1.807) is 29.4 Å². The lowest BCUT2D eigenvalue weighted by Gasteiger charge is -2.18. The summed E-state index contributed by atoms with van der Waals surface area (Å²) in [5.74, 6) is 1.06. The Balaban J connectivity index is 1.85. The molecule has 1 aromatic heterocycles. The van der Waals surface area contributed by atoms with Crippen LogP contribution in [0.5, 0.6) is 0 Å². The van der Waals surface area contributed by atoms with Crippen LogP contribution in [0, 0.1) is 6.92 Å². The summed E-state index contributed by atoms with van der Waals surface area (Å²) in [7, 11) is 0. The van der Waals surface area contributed by atoms with Gasteiger partial charge in [0.1, 0.15) is 17.3 Å². The van der Waals surface area contributed by atoms with Crippen molar-refractivity contribution >= 4 is 23.5 Å². The van der Waals surface area contributed by atoms with Gasteiger partial charge in [0.05, 0.1) is 12.0 Å². The summed E-state index contributed by atoms with van der Waals surface area (Å²) in [5.41, 5.74) is 3.16. The molecule has 0 radical (unpaired) electrons. The van der Waals surface area contributed by atoms with Crippen molar-refractivity contribution in [2.45, 2.75) is 6.92 Å². The van der Waals surface area contributed by atoms with Gasteiger partial charge in [-0.05, 0) is 37.3 Å². The first-order valence-electron chi connectivity index (χ1n) is 8.03. The first-order chi connectivity index (χ1) is 12.2. The van der Waals surface area contributed by atoms with Crippen LogP contribution in [0.1, 0.15) is 16.9 Å². The van der Waals surface area contributed by atoms with E-state index < -0.39 is 0 Å². The maximum Gasteiger partial charge on any atom is 0.282 e. The smallest absolute Gasteiger partial charge is 0.282 e. The molecule has 1 aliphatic heterocycles. The third-order valence-corrected chi connectivity index (χ3v) is 3.97. The normalized spacial score (nSPS) is 15.7. The Morgan fingerprint density at radius 3 is 2.56 bits per heavy atom. The molecule has 4 rings (SSSR count). The average molecular weight is 328 g/mol. The number of aliphatic imine (C=N–C) groups is 1. The Morgan fingerprint density at radius 1 is 1.00 bits per heavy atom. The van der Waals surface area contributed by atoms with E-state index in [4.69, 9.17) is 4.42 Å². The van der Waals surface area contributed by atoms with Crippen molar-refractivity contribution in [2.24, 2.45) is 4.99 Å². The summed E-state index contributed by atoms with van der Waals surface area (Å²) in [6.45, 7) is 2.02. The molecular formula is C21H16N2O2. The summed E-state index contributed by atoms with van der Waals surface area (Å²) in [5, 5.41) is 0. The molecule has 0 atom stereocenters. The monoisotopic (exact) mass is 328 g/mol. The molecule has 2 heterocycles. The number of anilines is 1. The highest BCUT2D eigenvalue weighted by atomic mass is 16.3. The zero-order valence-electron chi connectivity index (χ0n) is 13.7. The Kier molecular flexibility index (Phi) is 3.78. The molecule has 0 aliphatic carbocycles. The van der Waals surface area contributed by atoms with Crippen molar-refractivity contribution < 1.29 is 9.21 Å². The van der Waals surface area contributed by atoms with E-state index in [9.17, 15) is 4.79 Å². The molecule has 0 unspecified atom stereocenters. The van der Waals surface area contributed by atoms with Gasteiger partial charge in [-0.15, -0.1) is 0 Å². The number of furan rings is 1. The van der Waals surface area contributed by atoms with Crippen molar-refractivity contribution in [1.82, 2.24) is 0 Å². The molecule has 1 amide bonds. The predicted molar refractivity (Wildman–Crippen MR) is 98.3 cm³/mol. The van der Waals surface area contributed by atoms with Crippen LogP contribution in [0.4, 0.5) is 5.69 Å². The molecule has 0 saturated heterocycles. The summed E-state index contributed by atoms with van der Waals surface area (Å²) in [6, 6.07) is 21.1. The SMILES string of the molecule is Cc1cccc(C2=N/C(=C/c3ccco3)C(=O)N2c2ccccc2)c1. The largest absolute Gasteiger partial charge is 0.465 e. The van der Waals surface area contributed by atoms with Gasteiger partial charge in [-0.1, -0.05) is 42.0 Å². The topological polar surface area (TPSA) is 45.8 Å². The van der Waals surface area contributed by atoms with Crippen molar-refractivity contribution in [2.75, 3.05) is 4.90 Å². The second kappa shape index (κ2) is 6.24. The zero-order valence-corrected chi connectivity index (χ0v) is 13.7. The molecular weight excluding hydrogens is 312 g/mol. The summed E-state index contributed by atoms with van der Waals surface area (Å²) >= 11 is 0. The first kappa shape index (κ1) is 15.1. The number of carbonyl (C=O) groups excluding carboxylic acids is 1. The number of amidine groups is 1. The number of carbonyl (C=O) groups is 1. The number of amides is 1. The van der Waals surface area contributed by atoms with Gasteiger partial charge in [0.15, 0.2) is 0 Å². The number of rotatable bonds is 3. The quantitative estimate of drug-likeness (QED) is 0.668. The van der Waals surface area contributed by atoms with Gasteiger partial charge in [0.25, 0.3) is 5.91 Å². The van der Waals surface area contributed by atoms with E-state index in [1.165, 1.54) is 0 Å². The van der Waals surface area contributed by atoms with Gasteiger partial charge >= 0.3 is 0 Å². The van der Waals surface area contributed by atoms with Crippen LogP contribution in [0.25, 0.3) is 6.08 Å². The van der Waals surface area contributed by atoms with E-state index in [1.807, 2.05) is 61.5 Å². The molecule has 122 valence electrons. The number of nitrogens with zero attached hydrogens (tertiary/aromatic N) is 2. The minimum atomic E-state index is -0.167. The third-order valence-electron chi connectivity index (χ3n) is 3.97. The fourth-order valence-electron chi connectivity index (χ4n) is 2.82. The minimum absolute atomic E-state index is 0.167. The Morgan fingerprint density at radius 2 is 1.84 bits per heavy atom. The maximum absolute atomic E-state index is 13.0. The number of para-hydroxylation sites is 1. The second-order valence-corrected chi connectivity index (χ2v) is 5.83. The summed E-state index contributed by atoms with van der Waals surface area (Å²) in [4.78, 5) is 19.3. The molecule has 0 fully saturated rings. The van der Waals surface area contributed by atoms with E-state index in [0.717, 1.165) is 16.8 Å². The van der Waals surface area contributed by atoms with Gasteiger partial charge < -0.3 is 4.42 Å². The van der Waals surface area contributed by atoms with Crippen molar-refractivity contribution in [1.29, 1.82) is 0 Å². The number of hydrogen-bond donors (Lipinski definition) is 0. The van der Waals surface area contributed by atoms with Gasteiger partial charge in [0.2, 0.25) is 0 Å². The predicted octanol–water partition coefficient (Wildman–Crippen LogP) is 4.42. The van der Waals surface area contributed by atoms with Crippen molar-refractivity contribution in [3.8, 4) is 0 Å². The second-order valence-electron chi connectivity index (χ2n) is 5.83. The Bertz CT molecular complexity index is 970. The van der Waals surface area contributed by atoms with Gasteiger partial charge in [-0.25, -0.2) is 4.99 Å². The Hall–Kier alpha value is -3.40. The fraction of sp³-hybridized carbons (Fsp3) is 0.0476. The number of aryl methyl sites for hydroxylation is 1. The van der Waals surface area contributed by atoms with Crippen molar-refractivity contribution in [3.05, 3.63) is 95.6 Å². The molecule has 4 heteroatoms.